The van der Waals surface area contributed by atoms with Crippen molar-refractivity contribution in [2.24, 2.45) is 5.92 Å². The van der Waals surface area contributed by atoms with Gasteiger partial charge in [-0.25, -0.2) is 8.42 Å². The molecular formula is C28H35N3O6S. The molecule has 1 N–H and O–H groups in total. The topological polar surface area (TPSA) is 113 Å². The highest BCUT2D eigenvalue weighted by Gasteiger charge is 2.34. The molecule has 0 saturated heterocycles. The quantitative estimate of drug-likeness (QED) is 0.507. The van der Waals surface area contributed by atoms with Crippen LogP contribution >= 0.6 is 0 Å². The molecule has 0 bridgehead atoms. The van der Waals surface area contributed by atoms with Crippen molar-refractivity contribution in [3.05, 3.63) is 71.1 Å². The summed E-state index contributed by atoms with van der Waals surface area (Å²) >= 11 is 0. The predicted molar refractivity (Wildman–Crippen MR) is 143 cm³/mol. The minimum atomic E-state index is -3.90. The van der Waals surface area contributed by atoms with E-state index >= 15 is 0 Å². The number of benzene rings is 2. The van der Waals surface area contributed by atoms with E-state index in [-0.39, 0.29) is 48.8 Å². The Morgan fingerprint density at radius 3 is 2.37 bits per heavy atom. The van der Waals surface area contributed by atoms with Crippen LogP contribution in [-0.2, 0) is 21.4 Å². The molecule has 4 rings (SSSR count). The lowest BCUT2D eigenvalue weighted by atomic mass is 9.94. The van der Waals surface area contributed by atoms with E-state index in [2.05, 4.69) is 5.16 Å². The third-order valence-corrected chi connectivity index (χ3v) is 9.24. The standard InChI is InChI=1S/C28H35N3O6S/c1-18-14-31(19(2)16-32)28(33)25-13-9-8-12-24(25)23-11-7-6-10-22(23)17-36-26(18)15-30(5)38(34,35)27-20(3)29-37-21(27)4/h6-13,18-19,26,32H,14-17H2,1-5H3/t18-,19-,26-/m1/s1. The van der Waals surface area contributed by atoms with Gasteiger partial charge in [-0.2, -0.15) is 4.31 Å². The van der Waals surface area contributed by atoms with Crippen LogP contribution in [0.5, 0.6) is 0 Å². The first-order valence-electron chi connectivity index (χ1n) is 12.7. The Bertz CT molecular complexity index is 1380. The molecule has 0 spiro atoms. The summed E-state index contributed by atoms with van der Waals surface area (Å²) in [5, 5.41) is 13.8. The van der Waals surface area contributed by atoms with Gasteiger partial charge in [-0.1, -0.05) is 54.5 Å². The second kappa shape index (κ2) is 11.4. The Balaban J connectivity index is 1.75. The molecule has 38 heavy (non-hydrogen) atoms. The summed E-state index contributed by atoms with van der Waals surface area (Å²) in [6, 6.07) is 14.7. The largest absolute Gasteiger partial charge is 0.394 e. The first-order chi connectivity index (χ1) is 18.1. The molecule has 1 aliphatic heterocycles. The Morgan fingerprint density at radius 2 is 1.74 bits per heavy atom. The van der Waals surface area contributed by atoms with Crippen molar-refractivity contribution in [2.45, 2.75) is 51.3 Å². The Kier molecular flexibility index (Phi) is 8.37. The molecule has 2 aromatic carbocycles. The lowest BCUT2D eigenvalue weighted by molar-refractivity contribution is -0.0146. The number of aliphatic hydroxyl groups excluding tert-OH is 1. The van der Waals surface area contributed by atoms with Crippen molar-refractivity contribution in [2.75, 3.05) is 26.7 Å². The highest BCUT2D eigenvalue weighted by atomic mass is 32.2. The van der Waals surface area contributed by atoms with Gasteiger partial charge < -0.3 is 19.3 Å². The number of hydrogen-bond donors (Lipinski definition) is 1. The van der Waals surface area contributed by atoms with E-state index in [4.69, 9.17) is 9.26 Å². The number of carbonyl (C=O) groups is 1. The number of fused-ring (bicyclic) bond motifs is 3. The van der Waals surface area contributed by atoms with Crippen LogP contribution in [0.25, 0.3) is 11.1 Å². The number of hydrogen-bond acceptors (Lipinski definition) is 7. The summed E-state index contributed by atoms with van der Waals surface area (Å²) in [7, 11) is -2.39. The second-order valence-electron chi connectivity index (χ2n) is 9.96. The average Bonchev–Trinajstić information content (AvgIpc) is 3.25. The smallest absolute Gasteiger partial charge is 0.254 e. The molecule has 1 aliphatic rings. The second-order valence-corrected chi connectivity index (χ2v) is 11.9. The van der Waals surface area contributed by atoms with Crippen molar-refractivity contribution in [1.82, 2.24) is 14.4 Å². The van der Waals surface area contributed by atoms with Crippen LogP contribution in [0.15, 0.2) is 57.9 Å². The van der Waals surface area contributed by atoms with E-state index < -0.39 is 22.2 Å². The average molecular weight is 542 g/mol. The molecule has 204 valence electrons. The zero-order valence-electron chi connectivity index (χ0n) is 22.4. The van der Waals surface area contributed by atoms with E-state index in [0.29, 0.717) is 11.3 Å². The molecular weight excluding hydrogens is 506 g/mol. The highest BCUT2D eigenvalue weighted by molar-refractivity contribution is 7.89. The molecule has 0 fully saturated rings. The summed E-state index contributed by atoms with van der Waals surface area (Å²) in [5.41, 5.74) is 3.40. The number of carbonyl (C=O) groups excluding carboxylic acids is 1. The molecule has 0 saturated carbocycles. The predicted octanol–water partition coefficient (Wildman–Crippen LogP) is 3.64. The fraction of sp³-hybridized carbons (Fsp3) is 0.429. The van der Waals surface area contributed by atoms with Gasteiger partial charge in [-0.05, 0) is 43.5 Å². The van der Waals surface area contributed by atoms with E-state index in [1.54, 1.807) is 31.7 Å². The van der Waals surface area contributed by atoms with Crippen molar-refractivity contribution in [3.63, 3.8) is 0 Å². The zero-order valence-corrected chi connectivity index (χ0v) is 23.2. The summed E-state index contributed by atoms with van der Waals surface area (Å²) in [4.78, 5) is 15.6. The molecule has 1 aromatic heterocycles. The number of rotatable bonds is 6. The highest BCUT2D eigenvalue weighted by Crippen LogP contribution is 2.31. The molecule has 0 unspecified atom stereocenters. The van der Waals surface area contributed by atoms with Crippen LogP contribution in [0.4, 0.5) is 0 Å². The normalized spacial score (nSPS) is 19.6. The van der Waals surface area contributed by atoms with Crippen molar-refractivity contribution in [3.8, 4) is 11.1 Å². The lowest BCUT2D eigenvalue weighted by Crippen LogP contribution is -2.47. The van der Waals surface area contributed by atoms with Crippen LogP contribution in [0.1, 0.15) is 41.2 Å². The molecule has 1 amide bonds. The first-order valence-corrected chi connectivity index (χ1v) is 14.1. The van der Waals surface area contributed by atoms with E-state index in [9.17, 15) is 18.3 Å². The number of ether oxygens (including phenoxy) is 1. The molecule has 3 atom stereocenters. The summed E-state index contributed by atoms with van der Waals surface area (Å²) in [6.07, 6.45) is -0.550. The molecule has 0 radical (unpaired) electrons. The number of aromatic nitrogens is 1. The van der Waals surface area contributed by atoms with Crippen molar-refractivity contribution >= 4 is 15.9 Å². The van der Waals surface area contributed by atoms with Gasteiger partial charge in [0.05, 0.1) is 25.4 Å². The zero-order chi connectivity index (χ0) is 27.6. The maximum Gasteiger partial charge on any atom is 0.254 e. The van der Waals surface area contributed by atoms with E-state index in [1.807, 2.05) is 49.4 Å². The maximum atomic E-state index is 13.9. The van der Waals surface area contributed by atoms with Crippen molar-refractivity contribution in [1.29, 1.82) is 0 Å². The number of sulfonamides is 1. The Labute approximate surface area is 224 Å². The fourth-order valence-corrected chi connectivity index (χ4v) is 6.37. The van der Waals surface area contributed by atoms with Gasteiger partial charge in [0.1, 0.15) is 10.6 Å². The number of amides is 1. The van der Waals surface area contributed by atoms with Crippen LogP contribution in [0, 0.1) is 19.8 Å². The van der Waals surface area contributed by atoms with Gasteiger partial charge in [-0.15, -0.1) is 0 Å². The molecule has 2 heterocycles. The number of nitrogens with zero attached hydrogens (tertiary/aromatic N) is 3. The third-order valence-electron chi connectivity index (χ3n) is 7.17. The third kappa shape index (κ3) is 5.40. The number of aliphatic hydroxyl groups is 1. The van der Waals surface area contributed by atoms with Crippen LogP contribution in [0.3, 0.4) is 0 Å². The van der Waals surface area contributed by atoms with Crippen LogP contribution in [-0.4, -0.2) is 72.7 Å². The van der Waals surface area contributed by atoms with Crippen LogP contribution in [0.2, 0.25) is 0 Å². The number of aryl methyl sites for hydroxylation is 2. The number of likely N-dealkylation sites (N-methyl/N-ethyl adjacent to an activating group) is 1. The maximum absolute atomic E-state index is 13.9. The SMILES string of the molecule is Cc1noc(C)c1S(=O)(=O)N(C)C[C@H]1OCc2ccccc2-c2ccccc2C(=O)N([C@H](C)CO)C[C@H]1C. The molecule has 10 heteroatoms. The Hall–Kier alpha value is -3.05. The van der Waals surface area contributed by atoms with Gasteiger partial charge in [0.25, 0.3) is 5.91 Å². The minimum absolute atomic E-state index is 0.0517. The van der Waals surface area contributed by atoms with Gasteiger partial charge in [-0.3, -0.25) is 4.79 Å². The fourth-order valence-electron chi connectivity index (χ4n) is 4.90. The van der Waals surface area contributed by atoms with Gasteiger partial charge in [0, 0.05) is 31.6 Å². The van der Waals surface area contributed by atoms with Gasteiger partial charge >= 0.3 is 0 Å². The van der Waals surface area contributed by atoms with Crippen LogP contribution < -0.4 is 0 Å². The van der Waals surface area contributed by atoms with Gasteiger partial charge in [0.2, 0.25) is 10.0 Å². The molecule has 0 aliphatic carbocycles. The lowest BCUT2D eigenvalue weighted by Gasteiger charge is -2.35. The van der Waals surface area contributed by atoms with E-state index in [0.717, 1.165) is 16.7 Å². The van der Waals surface area contributed by atoms with Gasteiger partial charge in [0.15, 0.2) is 5.76 Å². The Morgan fingerprint density at radius 1 is 1.11 bits per heavy atom. The minimum Gasteiger partial charge on any atom is -0.394 e. The molecule has 3 aromatic rings. The monoisotopic (exact) mass is 541 g/mol. The summed E-state index contributed by atoms with van der Waals surface area (Å²) in [5.74, 6) is -0.222. The first kappa shape index (κ1) is 28.0. The summed E-state index contributed by atoms with van der Waals surface area (Å²) < 4.78 is 39.7. The van der Waals surface area contributed by atoms with Crippen molar-refractivity contribution < 1.29 is 27.6 Å². The summed E-state index contributed by atoms with van der Waals surface area (Å²) in [6.45, 7) is 7.25. The van der Waals surface area contributed by atoms with E-state index in [1.165, 1.54) is 11.4 Å². The molecule has 9 nitrogen and oxygen atoms in total.